The molecule has 0 aromatic heterocycles. The molecule has 1 fully saturated rings. The van der Waals surface area contributed by atoms with Crippen LogP contribution in [0.1, 0.15) is 51.4 Å². The van der Waals surface area contributed by atoms with E-state index >= 15 is 0 Å². The molecular weight excluding hydrogens is 284 g/mol. The van der Waals surface area contributed by atoms with E-state index in [9.17, 15) is 9.59 Å². The van der Waals surface area contributed by atoms with Crippen LogP contribution in [0.15, 0.2) is 12.7 Å². The average Bonchev–Trinajstić information content (AvgIpc) is 2.71. The third-order valence-electron chi connectivity index (χ3n) is 3.51. The molecule has 0 unspecified atom stereocenters. The highest BCUT2D eigenvalue weighted by Crippen LogP contribution is 2.12. The number of carbonyl (C=O) groups excluding carboxylic acids is 2. The van der Waals surface area contributed by atoms with Crippen molar-refractivity contribution in [1.29, 1.82) is 0 Å². The molecule has 0 aromatic rings. The molecule has 126 valence electrons. The normalized spacial score (nSPS) is 14.4. The van der Waals surface area contributed by atoms with Crippen molar-refractivity contribution < 1.29 is 19.5 Å². The van der Waals surface area contributed by atoms with Gasteiger partial charge in [0, 0.05) is 26.1 Å². The van der Waals surface area contributed by atoms with Crippen LogP contribution in [0.25, 0.3) is 0 Å². The minimum atomic E-state index is -0.250. The monoisotopic (exact) mass is 312 g/mol. The summed E-state index contributed by atoms with van der Waals surface area (Å²) in [6.45, 7) is 5.71. The molecule has 0 aromatic carbocycles. The van der Waals surface area contributed by atoms with E-state index in [2.05, 4.69) is 11.9 Å². The summed E-state index contributed by atoms with van der Waals surface area (Å²) in [6.07, 6.45) is 9.70. The van der Waals surface area contributed by atoms with Crippen molar-refractivity contribution in [1.82, 2.24) is 10.2 Å². The Balaban J connectivity index is 0.00000135. The van der Waals surface area contributed by atoms with Gasteiger partial charge in [-0.25, -0.2) is 0 Å². The van der Waals surface area contributed by atoms with Crippen molar-refractivity contribution in [2.24, 2.45) is 0 Å². The molecule has 6 nitrogen and oxygen atoms in total. The average molecular weight is 312 g/mol. The molecule has 0 aliphatic carbocycles. The van der Waals surface area contributed by atoms with Crippen LogP contribution in [0.2, 0.25) is 0 Å². The molecule has 0 atom stereocenters. The lowest BCUT2D eigenvalue weighted by Gasteiger charge is -2.20. The molecule has 2 N–H and O–H groups in total. The van der Waals surface area contributed by atoms with Crippen molar-refractivity contribution >= 4 is 18.3 Å². The number of hydrogen-bond donors (Lipinski definition) is 2. The van der Waals surface area contributed by atoms with Crippen molar-refractivity contribution in [2.75, 3.05) is 19.6 Å². The Morgan fingerprint density at radius 2 is 1.91 bits per heavy atom. The number of nitrogens with one attached hydrogen (secondary N) is 1. The Kier molecular flexibility index (Phi) is 12.9. The molecule has 1 heterocycles. The summed E-state index contributed by atoms with van der Waals surface area (Å²) >= 11 is 0. The van der Waals surface area contributed by atoms with Crippen LogP contribution >= 0.6 is 0 Å². The number of unbranched alkanes of at least 4 members (excludes halogenated alkanes) is 3. The van der Waals surface area contributed by atoms with Gasteiger partial charge in [-0.15, -0.1) is 0 Å². The van der Waals surface area contributed by atoms with Gasteiger partial charge in [0.25, 0.3) is 6.47 Å². The van der Waals surface area contributed by atoms with Crippen molar-refractivity contribution in [3.8, 4) is 0 Å². The first-order valence-corrected chi connectivity index (χ1v) is 7.91. The van der Waals surface area contributed by atoms with E-state index in [1.165, 1.54) is 12.5 Å². The Morgan fingerprint density at radius 1 is 1.23 bits per heavy atom. The molecular formula is C16H28N2O4. The number of likely N-dealkylation sites (tertiary alicyclic amines) is 1. The van der Waals surface area contributed by atoms with Gasteiger partial charge in [0.1, 0.15) is 0 Å². The summed E-state index contributed by atoms with van der Waals surface area (Å²) < 4.78 is 0. The summed E-state index contributed by atoms with van der Waals surface area (Å²) in [6, 6.07) is 0. The number of hydrogen-bond acceptors (Lipinski definition) is 3. The predicted molar refractivity (Wildman–Crippen MR) is 85.4 cm³/mol. The molecule has 2 amide bonds. The lowest BCUT2D eigenvalue weighted by Crippen LogP contribution is -2.31. The third-order valence-corrected chi connectivity index (χ3v) is 3.51. The molecule has 0 spiro atoms. The molecule has 1 saturated heterocycles. The second-order valence-corrected chi connectivity index (χ2v) is 5.21. The van der Waals surface area contributed by atoms with E-state index in [1.807, 2.05) is 4.90 Å². The maximum Gasteiger partial charge on any atom is 0.290 e. The SMILES string of the molecule is C=CC(=O)NCCCCCCN1CCCCCC1=O.O=CO. The topological polar surface area (TPSA) is 86.7 Å². The van der Waals surface area contributed by atoms with Crippen LogP contribution < -0.4 is 5.32 Å². The van der Waals surface area contributed by atoms with E-state index in [1.54, 1.807) is 0 Å². The minimum Gasteiger partial charge on any atom is -0.483 e. The Bertz CT molecular complexity index is 345. The van der Waals surface area contributed by atoms with E-state index in [4.69, 9.17) is 9.90 Å². The molecule has 0 bridgehead atoms. The van der Waals surface area contributed by atoms with Crippen LogP contribution in [-0.2, 0) is 14.4 Å². The number of rotatable bonds is 8. The maximum absolute atomic E-state index is 11.8. The summed E-state index contributed by atoms with van der Waals surface area (Å²) in [5.41, 5.74) is 0. The zero-order valence-electron chi connectivity index (χ0n) is 13.3. The fraction of sp³-hybridized carbons (Fsp3) is 0.688. The second-order valence-electron chi connectivity index (χ2n) is 5.21. The van der Waals surface area contributed by atoms with Gasteiger partial charge in [-0.3, -0.25) is 14.4 Å². The van der Waals surface area contributed by atoms with E-state index < -0.39 is 0 Å². The van der Waals surface area contributed by atoms with E-state index in [-0.39, 0.29) is 12.4 Å². The van der Waals surface area contributed by atoms with Crippen molar-refractivity contribution in [3.63, 3.8) is 0 Å². The van der Waals surface area contributed by atoms with Crippen LogP contribution in [0.3, 0.4) is 0 Å². The van der Waals surface area contributed by atoms with Crippen LogP contribution in [-0.4, -0.2) is 47.9 Å². The largest absolute Gasteiger partial charge is 0.483 e. The predicted octanol–water partition coefficient (Wildman–Crippen LogP) is 1.95. The van der Waals surface area contributed by atoms with Gasteiger partial charge < -0.3 is 15.3 Å². The molecule has 0 radical (unpaired) electrons. The van der Waals surface area contributed by atoms with Gasteiger partial charge in [0.15, 0.2) is 0 Å². The number of nitrogens with zero attached hydrogens (tertiary/aromatic N) is 1. The maximum atomic E-state index is 11.8. The number of carboxylic acid groups (broad SMARTS) is 1. The lowest BCUT2D eigenvalue weighted by molar-refractivity contribution is -0.130. The standard InChI is InChI=1S/C15H26N2O2.CH2O2/c1-2-14(18)16-11-7-3-4-8-12-17-13-9-5-6-10-15(17)19;2-1-3/h2H,1,3-13H2,(H,16,18);1H,(H,2,3). The van der Waals surface area contributed by atoms with E-state index in [0.717, 1.165) is 58.0 Å². The van der Waals surface area contributed by atoms with E-state index in [0.29, 0.717) is 12.5 Å². The highest BCUT2D eigenvalue weighted by atomic mass is 16.3. The van der Waals surface area contributed by atoms with Gasteiger partial charge >= 0.3 is 0 Å². The molecule has 1 rings (SSSR count). The first kappa shape index (κ1) is 20.1. The Hall–Kier alpha value is -1.85. The first-order chi connectivity index (χ1) is 10.7. The molecule has 22 heavy (non-hydrogen) atoms. The van der Waals surface area contributed by atoms with Crippen LogP contribution in [0.4, 0.5) is 0 Å². The van der Waals surface area contributed by atoms with Gasteiger partial charge in [-0.05, 0) is 31.8 Å². The van der Waals surface area contributed by atoms with Gasteiger partial charge in [0.05, 0.1) is 0 Å². The fourth-order valence-corrected chi connectivity index (χ4v) is 2.34. The second kappa shape index (κ2) is 14.1. The minimum absolute atomic E-state index is 0.102. The van der Waals surface area contributed by atoms with Crippen LogP contribution in [0.5, 0.6) is 0 Å². The van der Waals surface area contributed by atoms with Gasteiger partial charge in [0.2, 0.25) is 11.8 Å². The van der Waals surface area contributed by atoms with Gasteiger partial charge in [-0.1, -0.05) is 25.8 Å². The zero-order valence-corrected chi connectivity index (χ0v) is 13.3. The van der Waals surface area contributed by atoms with Crippen molar-refractivity contribution in [3.05, 3.63) is 12.7 Å². The fourth-order valence-electron chi connectivity index (χ4n) is 2.34. The Morgan fingerprint density at radius 3 is 2.59 bits per heavy atom. The number of carbonyl (C=O) groups is 3. The molecule has 6 heteroatoms. The Labute approximate surface area is 132 Å². The summed E-state index contributed by atoms with van der Waals surface area (Å²) in [5.74, 6) is 0.228. The molecule has 1 aliphatic rings. The third kappa shape index (κ3) is 10.9. The first-order valence-electron chi connectivity index (χ1n) is 7.91. The number of amides is 2. The summed E-state index contributed by atoms with van der Waals surface area (Å²) in [7, 11) is 0. The van der Waals surface area contributed by atoms with Crippen molar-refractivity contribution in [2.45, 2.75) is 51.4 Å². The quantitative estimate of drug-likeness (QED) is 0.407. The smallest absolute Gasteiger partial charge is 0.290 e. The van der Waals surface area contributed by atoms with Crippen LogP contribution in [0, 0.1) is 0 Å². The summed E-state index contributed by atoms with van der Waals surface area (Å²) in [4.78, 5) is 33.0. The summed E-state index contributed by atoms with van der Waals surface area (Å²) in [5, 5.41) is 9.66. The zero-order chi connectivity index (χ0) is 16.6. The highest BCUT2D eigenvalue weighted by Gasteiger charge is 2.15. The van der Waals surface area contributed by atoms with Gasteiger partial charge in [-0.2, -0.15) is 0 Å². The lowest BCUT2D eigenvalue weighted by atomic mass is 10.2. The molecule has 0 saturated carbocycles. The molecule has 1 aliphatic heterocycles. The highest BCUT2D eigenvalue weighted by molar-refractivity contribution is 5.86.